The first-order chi connectivity index (χ1) is 17.7. The largest absolute Gasteiger partial charge is 0.447 e. The third kappa shape index (κ3) is 7.08. The van der Waals surface area contributed by atoms with E-state index >= 15 is 0 Å². The number of nitrogens with one attached hydrogen (secondary N) is 4. The van der Waals surface area contributed by atoms with Crippen LogP contribution < -0.4 is 15.4 Å². The molecule has 0 atom stereocenters. The van der Waals surface area contributed by atoms with Crippen molar-refractivity contribution in [1.82, 2.24) is 25.0 Å². The van der Waals surface area contributed by atoms with Crippen molar-refractivity contribution in [1.29, 1.82) is 0 Å². The lowest BCUT2D eigenvalue weighted by atomic mass is 9.86. The van der Waals surface area contributed by atoms with Gasteiger partial charge in [0.05, 0.1) is 20.9 Å². The SMILES string of the molecule is CCNS(=O)(=O)c1cc(CNc2ncc[nH]2)ccc1-c1cnc(C2CCC(NC(=O)OC(C)C)CC2)s1. The predicted molar refractivity (Wildman–Crippen MR) is 144 cm³/mol. The number of ether oxygens (including phenoxy) is 1. The topological polar surface area (TPSA) is 138 Å². The van der Waals surface area contributed by atoms with Crippen LogP contribution in [0.2, 0.25) is 0 Å². The van der Waals surface area contributed by atoms with Gasteiger partial charge in [0.25, 0.3) is 0 Å². The Balaban J connectivity index is 1.48. The van der Waals surface area contributed by atoms with Crippen molar-refractivity contribution in [3.8, 4) is 10.4 Å². The molecule has 10 nitrogen and oxygen atoms in total. The number of rotatable bonds is 10. The molecule has 3 aromatic rings. The summed E-state index contributed by atoms with van der Waals surface area (Å²) < 4.78 is 34.0. The van der Waals surface area contributed by atoms with E-state index in [0.717, 1.165) is 41.1 Å². The van der Waals surface area contributed by atoms with Crippen LogP contribution in [0.25, 0.3) is 10.4 Å². The first-order valence-corrected chi connectivity index (χ1v) is 14.8. The highest BCUT2D eigenvalue weighted by atomic mass is 32.2. The molecule has 1 aliphatic rings. The van der Waals surface area contributed by atoms with Crippen LogP contribution in [0.4, 0.5) is 10.7 Å². The van der Waals surface area contributed by atoms with Gasteiger partial charge in [-0.05, 0) is 51.2 Å². The zero-order valence-electron chi connectivity index (χ0n) is 21.3. The van der Waals surface area contributed by atoms with Gasteiger partial charge in [0, 0.05) is 49.2 Å². The van der Waals surface area contributed by atoms with Gasteiger partial charge >= 0.3 is 6.09 Å². The molecule has 12 heteroatoms. The monoisotopic (exact) mass is 546 g/mol. The minimum Gasteiger partial charge on any atom is -0.447 e. The summed E-state index contributed by atoms with van der Waals surface area (Å²) in [6.45, 7) is 6.15. The Morgan fingerprint density at radius 2 is 2.00 bits per heavy atom. The summed E-state index contributed by atoms with van der Waals surface area (Å²) >= 11 is 1.54. The predicted octanol–water partition coefficient (Wildman–Crippen LogP) is 4.60. The average Bonchev–Trinajstić information content (AvgIpc) is 3.55. The number of hydrogen-bond acceptors (Lipinski definition) is 8. The standard InChI is InChI=1S/C25H34N6O4S2/c1-4-30-37(33,34)22-13-17(14-29-24-26-11-12-27-24)5-10-20(22)21-15-28-23(36-21)18-6-8-19(9-7-18)31-25(32)35-16(2)3/h5,10-13,15-16,18-19,30H,4,6-9,14H2,1-3H3,(H,31,32)(H2,26,27,29). The van der Waals surface area contributed by atoms with Crippen LogP contribution in [0.5, 0.6) is 0 Å². The molecule has 0 radical (unpaired) electrons. The third-order valence-electron chi connectivity index (χ3n) is 6.16. The van der Waals surface area contributed by atoms with Crippen LogP contribution in [0.15, 0.2) is 41.7 Å². The van der Waals surface area contributed by atoms with Crippen LogP contribution in [-0.4, -0.2) is 48.2 Å². The molecule has 2 aromatic heterocycles. The smallest absolute Gasteiger partial charge is 0.407 e. The van der Waals surface area contributed by atoms with Crippen molar-refractivity contribution in [2.45, 2.75) is 76.0 Å². The third-order valence-corrected chi connectivity index (χ3v) is 8.94. The Kier molecular flexibility index (Phi) is 8.83. The molecule has 1 aromatic carbocycles. The molecule has 1 fully saturated rings. The van der Waals surface area contributed by atoms with Gasteiger partial charge in [0.15, 0.2) is 5.95 Å². The summed E-state index contributed by atoms with van der Waals surface area (Å²) in [5, 5.41) is 7.10. The van der Waals surface area contributed by atoms with Crippen LogP contribution >= 0.6 is 11.3 Å². The van der Waals surface area contributed by atoms with E-state index in [0.29, 0.717) is 24.6 Å². The summed E-state index contributed by atoms with van der Waals surface area (Å²) in [5.74, 6) is 0.900. The molecule has 1 saturated carbocycles. The van der Waals surface area contributed by atoms with Gasteiger partial charge in [-0.3, -0.25) is 0 Å². The van der Waals surface area contributed by atoms with E-state index in [1.807, 2.05) is 26.0 Å². The second-order valence-electron chi connectivity index (χ2n) is 9.33. The number of H-pyrrole nitrogens is 1. The Bertz CT molecular complexity index is 1280. The number of aromatic amines is 1. The van der Waals surface area contributed by atoms with E-state index < -0.39 is 10.0 Å². The number of imidazole rings is 1. The summed E-state index contributed by atoms with van der Waals surface area (Å²) in [7, 11) is -3.70. The number of thiazole rings is 1. The van der Waals surface area contributed by atoms with Crippen LogP contribution in [-0.2, 0) is 21.3 Å². The number of aromatic nitrogens is 3. The lowest BCUT2D eigenvalue weighted by Crippen LogP contribution is -2.38. The van der Waals surface area contributed by atoms with Gasteiger partial charge in [-0.15, -0.1) is 11.3 Å². The minimum atomic E-state index is -3.70. The number of carbonyl (C=O) groups is 1. The number of nitrogens with zero attached hydrogens (tertiary/aromatic N) is 2. The zero-order valence-corrected chi connectivity index (χ0v) is 22.9. The highest BCUT2D eigenvalue weighted by Gasteiger charge is 2.27. The molecule has 4 rings (SSSR count). The summed E-state index contributed by atoms with van der Waals surface area (Å²) in [5.41, 5.74) is 1.46. The Morgan fingerprint density at radius 3 is 2.68 bits per heavy atom. The second kappa shape index (κ2) is 12.1. The number of hydrogen-bond donors (Lipinski definition) is 4. The normalized spacial score (nSPS) is 18.1. The summed E-state index contributed by atoms with van der Waals surface area (Å²) in [4.78, 5) is 24.8. The molecule has 4 N–H and O–H groups in total. The number of alkyl carbamates (subject to hydrolysis) is 1. The van der Waals surface area contributed by atoms with E-state index in [1.54, 1.807) is 31.6 Å². The highest BCUT2D eigenvalue weighted by Crippen LogP contribution is 2.39. The molecular formula is C25H34N6O4S2. The van der Waals surface area contributed by atoms with Gasteiger partial charge in [-0.1, -0.05) is 19.1 Å². The van der Waals surface area contributed by atoms with Crippen LogP contribution in [0.1, 0.15) is 62.9 Å². The quantitative estimate of drug-likeness (QED) is 0.291. The molecule has 2 heterocycles. The number of sulfonamides is 1. The maximum Gasteiger partial charge on any atom is 0.407 e. The minimum absolute atomic E-state index is 0.0983. The fourth-order valence-corrected chi connectivity index (χ4v) is 6.92. The highest BCUT2D eigenvalue weighted by molar-refractivity contribution is 7.89. The molecule has 1 aliphatic carbocycles. The fourth-order valence-electron chi connectivity index (χ4n) is 4.42. The van der Waals surface area contributed by atoms with E-state index in [4.69, 9.17) is 4.74 Å². The van der Waals surface area contributed by atoms with Crippen molar-refractivity contribution in [3.05, 3.63) is 47.4 Å². The zero-order chi connectivity index (χ0) is 26.4. The molecule has 200 valence electrons. The first kappa shape index (κ1) is 27.1. The summed E-state index contributed by atoms with van der Waals surface area (Å²) in [6, 6.07) is 5.57. The average molecular weight is 547 g/mol. The molecule has 0 saturated heterocycles. The van der Waals surface area contributed by atoms with Gasteiger partial charge in [0.1, 0.15) is 0 Å². The van der Waals surface area contributed by atoms with Crippen molar-refractivity contribution < 1.29 is 17.9 Å². The molecular weight excluding hydrogens is 512 g/mol. The van der Waals surface area contributed by atoms with Gasteiger partial charge in [0.2, 0.25) is 10.0 Å². The van der Waals surface area contributed by atoms with E-state index in [-0.39, 0.29) is 29.1 Å². The molecule has 0 aliphatic heterocycles. The number of amides is 1. The number of carbonyl (C=O) groups excluding carboxylic acids is 1. The van der Waals surface area contributed by atoms with E-state index in [9.17, 15) is 13.2 Å². The molecule has 0 unspecified atom stereocenters. The Morgan fingerprint density at radius 1 is 1.22 bits per heavy atom. The van der Waals surface area contributed by atoms with Crippen molar-refractivity contribution in [3.63, 3.8) is 0 Å². The van der Waals surface area contributed by atoms with E-state index in [2.05, 4.69) is 30.3 Å². The summed E-state index contributed by atoms with van der Waals surface area (Å²) in [6.07, 6.45) is 8.13. The molecule has 37 heavy (non-hydrogen) atoms. The lowest BCUT2D eigenvalue weighted by Gasteiger charge is -2.28. The maximum atomic E-state index is 13.1. The molecule has 0 bridgehead atoms. The van der Waals surface area contributed by atoms with Crippen molar-refractivity contribution in [2.24, 2.45) is 0 Å². The van der Waals surface area contributed by atoms with Crippen LogP contribution in [0.3, 0.4) is 0 Å². The lowest BCUT2D eigenvalue weighted by molar-refractivity contribution is 0.109. The number of anilines is 1. The van der Waals surface area contributed by atoms with Crippen molar-refractivity contribution in [2.75, 3.05) is 11.9 Å². The van der Waals surface area contributed by atoms with Crippen molar-refractivity contribution >= 4 is 33.4 Å². The molecule has 0 spiro atoms. The van der Waals surface area contributed by atoms with Gasteiger partial charge < -0.3 is 20.4 Å². The van der Waals surface area contributed by atoms with Crippen LogP contribution in [0, 0.1) is 0 Å². The molecule has 1 amide bonds. The fraction of sp³-hybridized carbons (Fsp3) is 0.480. The first-order valence-electron chi connectivity index (χ1n) is 12.5. The Labute approximate surface area is 221 Å². The number of benzene rings is 1. The Hall–Kier alpha value is -2.96. The van der Waals surface area contributed by atoms with E-state index in [1.165, 1.54) is 11.3 Å². The maximum absolute atomic E-state index is 13.1. The van der Waals surface area contributed by atoms with Gasteiger partial charge in [-0.2, -0.15) is 0 Å². The second-order valence-corrected chi connectivity index (χ2v) is 12.1. The van der Waals surface area contributed by atoms with Gasteiger partial charge in [-0.25, -0.2) is 27.9 Å².